The van der Waals surface area contributed by atoms with E-state index in [2.05, 4.69) is 9.64 Å². The maximum atomic E-state index is 15.3. The van der Waals surface area contributed by atoms with E-state index in [0.717, 1.165) is 31.5 Å². The summed E-state index contributed by atoms with van der Waals surface area (Å²) >= 11 is 0. The van der Waals surface area contributed by atoms with Crippen molar-refractivity contribution in [2.75, 3.05) is 45.4 Å². The van der Waals surface area contributed by atoms with Crippen LogP contribution in [0.3, 0.4) is 0 Å². The molecule has 0 spiro atoms. The number of ether oxygens (including phenoxy) is 4. The summed E-state index contributed by atoms with van der Waals surface area (Å²) in [5, 5.41) is 8.65. The number of carbonyl (C=O) groups is 3. The van der Waals surface area contributed by atoms with Crippen molar-refractivity contribution in [2.24, 2.45) is 0 Å². The van der Waals surface area contributed by atoms with Crippen LogP contribution < -0.4 is 19.1 Å². The molecule has 0 bridgehead atoms. The molecule has 2 aliphatic rings. The van der Waals surface area contributed by atoms with E-state index in [1.54, 1.807) is 18.2 Å². The molecule has 0 aliphatic carbocycles. The topological polar surface area (TPSA) is 118 Å². The lowest BCUT2D eigenvalue weighted by atomic mass is 9.84. The van der Waals surface area contributed by atoms with Crippen LogP contribution >= 0.6 is 0 Å². The molecule has 2 aliphatic heterocycles. The van der Waals surface area contributed by atoms with Crippen LogP contribution in [0.4, 0.5) is 23.2 Å². The monoisotopic (exact) mass is 665 g/mol. The minimum absolute atomic E-state index is 0.0625. The first-order valence-corrected chi connectivity index (χ1v) is 15.2. The normalized spacial score (nSPS) is 14.7. The van der Waals surface area contributed by atoms with Crippen LogP contribution in [0.1, 0.15) is 79.9 Å². The summed E-state index contributed by atoms with van der Waals surface area (Å²) < 4.78 is 72.8. The molecule has 1 fully saturated rings. The molecule has 1 saturated heterocycles. The number of fused-ring (bicyclic) bond motifs is 1. The van der Waals surface area contributed by atoms with Crippen LogP contribution in [0.2, 0.25) is 0 Å². The molecule has 14 heteroatoms. The van der Waals surface area contributed by atoms with Gasteiger partial charge in [0.2, 0.25) is 0 Å². The molecular formula is C33H39F4N3O7. The van der Waals surface area contributed by atoms with Gasteiger partial charge in [-0.3, -0.25) is 15.0 Å². The molecule has 2 aromatic carbocycles. The van der Waals surface area contributed by atoms with E-state index in [4.69, 9.17) is 19.6 Å². The maximum Gasteiger partial charge on any atom is 0.491 e. The van der Waals surface area contributed by atoms with Crippen molar-refractivity contribution in [2.45, 2.75) is 71.0 Å². The number of hydrogen-bond donors (Lipinski definition) is 1. The van der Waals surface area contributed by atoms with Crippen LogP contribution in [0.15, 0.2) is 18.2 Å². The predicted molar refractivity (Wildman–Crippen MR) is 164 cm³/mol. The number of carbonyl (C=O) groups excluding carboxylic acids is 3. The molecule has 2 aromatic rings. The van der Waals surface area contributed by atoms with Crippen LogP contribution in [0.5, 0.6) is 17.2 Å². The van der Waals surface area contributed by atoms with Gasteiger partial charge in [-0.1, -0.05) is 20.8 Å². The second kappa shape index (κ2) is 14.2. The molecule has 10 nitrogen and oxygen atoms in total. The van der Waals surface area contributed by atoms with E-state index in [-0.39, 0.29) is 61.2 Å². The molecule has 0 amide bonds. The van der Waals surface area contributed by atoms with E-state index in [1.165, 1.54) is 19.1 Å². The third-order valence-electron chi connectivity index (χ3n) is 8.05. The first-order chi connectivity index (χ1) is 22.1. The fourth-order valence-corrected chi connectivity index (χ4v) is 5.66. The summed E-state index contributed by atoms with van der Waals surface area (Å²) in [6.07, 6.45) is -3.31. The number of esters is 2. The van der Waals surface area contributed by atoms with Crippen LogP contribution in [-0.4, -0.2) is 75.1 Å². The van der Waals surface area contributed by atoms with E-state index < -0.39 is 29.3 Å². The zero-order valence-corrected chi connectivity index (χ0v) is 27.1. The Hall–Kier alpha value is -4.36. The molecule has 0 saturated carbocycles. The first kappa shape index (κ1) is 35.5. The number of amidine groups is 1. The van der Waals surface area contributed by atoms with Gasteiger partial charge in [0.25, 0.3) is 0 Å². The number of anilines is 1. The molecule has 47 heavy (non-hydrogen) atoms. The quantitative estimate of drug-likeness (QED) is 0.0966. The largest absolute Gasteiger partial charge is 0.493 e. The summed E-state index contributed by atoms with van der Waals surface area (Å²) in [5.41, 5.74) is 1.96. The molecule has 0 unspecified atom stereocenters. The standard InChI is InChI=1S/C33H39F4N3O7/c1-32(2,3)21-14-19(23(41)18-40-17-20-16-24(44-4)29(45-5)27(34)26(20)30(40)38)15-22(39-11-7-8-12-39)28(21)46-13-9-6-10-25(42)47-31(43)33(35,36)37/h14-16,38H,6-13,17-18H2,1-5H3. The lowest BCUT2D eigenvalue weighted by Crippen LogP contribution is -2.31. The van der Waals surface area contributed by atoms with Crippen molar-refractivity contribution < 1.29 is 50.9 Å². The van der Waals surface area contributed by atoms with Crippen LogP contribution in [0.25, 0.3) is 0 Å². The average Bonchev–Trinajstić information content (AvgIpc) is 3.64. The second-order valence-electron chi connectivity index (χ2n) is 12.5. The zero-order valence-electron chi connectivity index (χ0n) is 27.1. The van der Waals surface area contributed by atoms with Crippen molar-refractivity contribution in [1.82, 2.24) is 4.90 Å². The van der Waals surface area contributed by atoms with E-state index >= 15 is 4.39 Å². The Balaban J connectivity index is 1.53. The van der Waals surface area contributed by atoms with Crippen LogP contribution in [-0.2, 0) is 26.3 Å². The Kier molecular flexibility index (Phi) is 10.7. The van der Waals surface area contributed by atoms with Crippen molar-refractivity contribution in [3.05, 3.63) is 46.3 Å². The maximum absolute atomic E-state index is 15.3. The third-order valence-corrected chi connectivity index (χ3v) is 8.05. The van der Waals surface area contributed by atoms with E-state index in [1.807, 2.05) is 20.8 Å². The third kappa shape index (κ3) is 7.96. The Bertz CT molecular complexity index is 1550. The Labute approximate surface area is 270 Å². The van der Waals surface area contributed by atoms with Crippen molar-refractivity contribution >= 4 is 29.2 Å². The SMILES string of the molecule is COc1cc2c(c(F)c1OC)C(=N)N(CC(=O)c1cc(N3CCCC3)c(OCCCCC(=O)OC(=O)C(F)(F)F)c(C(C)(C)C)c1)C2. The number of methoxy groups -OCH3 is 2. The number of halogens is 4. The zero-order chi connectivity index (χ0) is 34.7. The molecule has 256 valence electrons. The summed E-state index contributed by atoms with van der Waals surface area (Å²) in [6, 6.07) is 5.13. The fourth-order valence-electron chi connectivity index (χ4n) is 5.66. The summed E-state index contributed by atoms with van der Waals surface area (Å²) in [7, 11) is 2.71. The molecule has 4 rings (SSSR count). The minimum Gasteiger partial charge on any atom is -0.493 e. The summed E-state index contributed by atoms with van der Waals surface area (Å²) in [6.45, 7) is 7.50. The number of unbranched alkanes of at least 4 members (excludes halogenated alkanes) is 1. The lowest BCUT2D eigenvalue weighted by molar-refractivity contribution is -0.201. The van der Waals surface area contributed by atoms with Gasteiger partial charge in [-0.15, -0.1) is 0 Å². The highest BCUT2D eigenvalue weighted by Gasteiger charge is 2.42. The molecule has 0 atom stereocenters. The van der Waals surface area contributed by atoms with Gasteiger partial charge in [0.1, 0.15) is 11.6 Å². The number of benzene rings is 2. The van der Waals surface area contributed by atoms with Gasteiger partial charge in [0, 0.05) is 37.2 Å². The fraction of sp³-hybridized carbons (Fsp3) is 0.515. The molecular weight excluding hydrogens is 626 g/mol. The van der Waals surface area contributed by atoms with Gasteiger partial charge >= 0.3 is 18.1 Å². The second-order valence-corrected chi connectivity index (χ2v) is 12.5. The molecule has 2 heterocycles. The number of hydrogen-bond acceptors (Lipinski definition) is 9. The smallest absolute Gasteiger partial charge is 0.491 e. The minimum atomic E-state index is -5.25. The highest BCUT2D eigenvalue weighted by atomic mass is 19.4. The van der Waals surface area contributed by atoms with Gasteiger partial charge in [0.05, 0.1) is 38.6 Å². The summed E-state index contributed by atoms with van der Waals surface area (Å²) in [5.74, 6) is -4.28. The molecule has 0 aromatic heterocycles. The van der Waals surface area contributed by atoms with Gasteiger partial charge in [-0.25, -0.2) is 9.18 Å². The Morgan fingerprint density at radius 1 is 0.957 bits per heavy atom. The van der Waals surface area contributed by atoms with Crippen molar-refractivity contribution in [3.63, 3.8) is 0 Å². The number of nitrogens with zero attached hydrogens (tertiary/aromatic N) is 2. The Morgan fingerprint density at radius 3 is 2.23 bits per heavy atom. The van der Waals surface area contributed by atoms with E-state index in [0.29, 0.717) is 29.0 Å². The average molecular weight is 666 g/mol. The predicted octanol–water partition coefficient (Wildman–Crippen LogP) is 5.95. The highest BCUT2D eigenvalue weighted by molar-refractivity contribution is 6.06. The molecule has 0 radical (unpaired) electrons. The summed E-state index contributed by atoms with van der Waals surface area (Å²) in [4.78, 5) is 40.0. The van der Waals surface area contributed by atoms with Crippen LogP contribution in [0, 0.1) is 11.2 Å². The Morgan fingerprint density at radius 2 is 1.64 bits per heavy atom. The lowest BCUT2D eigenvalue weighted by Gasteiger charge is -2.30. The van der Waals surface area contributed by atoms with Gasteiger partial charge in [0.15, 0.2) is 23.1 Å². The van der Waals surface area contributed by atoms with Gasteiger partial charge in [-0.2, -0.15) is 13.2 Å². The van der Waals surface area contributed by atoms with Crippen molar-refractivity contribution in [3.8, 4) is 17.2 Å². The highest BCUT2D eigenvalue weighted by Crippen LogP contribution is 2.42. The van der Waals surface area contributed by atoms with Gasteiger partial charge in [-0.05, 0) is 54.9 Å². The number of Topliss-reactive ketones (excluding diaryl/α,β-unsaturated/α-hetero) is 1. The number of nitrogens with one attached hydrogen (secondary N) is 1. The number of ketones is 1. The van der Waals surface area contributed by atoms with Crippen molar-refractivity contribution in [1.29, 1.82) is 5.41 Å². The van der Waals surface area contributed by atoms with E-state index in [9.17, 15) is 27.6 Å². The molecule has 1 N–H and O–H groups in total. The number of alkyl halides is 3. The number of rotatable bonds is 12. The van der Waals surface area contributed by atoms with Gasteiger partial charge < -0.3 is 28.7 Å². The first-order valence-electron chi connectivity index (χ1n) is 15.2.